The smallest absolute Gasteiger partial charge is 0.195 e. The highest BCUT2D eigenvalue weighted by Gasteiger charge is 2.05. The Bertz CT molecular complexity index is 1000. The second-order valence-corrected chi connectivity index (χ2v) is 6.49. The summed E-state index contributed by atoms with van der Waals surface area (Å²) in [5.74, 6) is 0.837. The van der Waals surface area contributed by atoms with Crippen molar-refractivity contribution >= 4 is 28.7 Å². The molecule has 0 aliphatic rings. The summed E-state index contributed by atoms with van der Waals surface area (Å²) in [5, 5.41) is 15.9. The van der Waals surface area contributed by atoms with Crippen molar-refractivity contribution in [1.29, 1.82) is 0 Å². The SMILES string of the molecule is C(=N/n1cnnc1SCc1ccccc1)/c1cccc2ccccc12. The molecule has 5 heteroatoms. The van der Waals surface area contributed by atoms with Crippen LogP contribution in [0.2, 0.25) is 0 Å². The van der Waals surface area contributed by atoms with Crippen molar-refractivity contribution in [3.63, 3.8) is 0 Å². The van der Waals surface area contributed by atoms with Crippen LogP contribution in [-0.2, 0) is 5.75 Å². The van der Waals surface area contributed by atoms with E-state index >= 15 is 0 Å². The molecule has 0 atom stereocenters. The van der Waals surface area contributed by atoms with Gasteiger partial charge in [0.15, 0.2) is 0 Å². The first-order valence-electron chi connectivity index (χ1n) is 7.99. The summed E-state index contributed by atoms with van der Waals surface area (Å²) < 4.78 is 1.72. The minimum Gasteiger partial charge on any atom is -0.195 e. The van der Waals surface area contributed by atoms with Gasteiger partial charge in [0.1, 0.15) is 6.33 Å². The van der Waals surface area contributed by atoms with Gasteiger partial charge in [0.2, 0.25) is 5.16 Å². The molecule has 0 aliphatic heterocycles. The van der Waals surface area contributed by atoms with Gasteiger partial charge >= 0.3 is 0 Å². The molecule has 1 heterocycles. The summed E-state index contributed by atoms with van der Waals surface area (Å²) in [7, 11) is 0. The summed E-state index contributed by atoms with van der Waals surface area (Å²) in [5.41, 5.74) is 2.32. The van der Waals surface area contributed by atoms with Crippen LogP contribution in [0.1, 0.15) is 11.1 Å². The second-order valence-electron chi connectivity index (χ2n) is 5.55. The van der Waals surface area contributed by atoms with Gasteiger partial charge < -0.3 is 0 Å². The van der Waals surface area contributed by atoms with Gasteiger partial charge in [-0.2, -0.15) is 9.78 Å². The van der Waals surface area contributed by atoms with Gasteiger partial charge in [-0.25, -0.2) is 0 Å². The van der Waals surface area contributed by atoms with E-state index in [0.717, 1.165) is 16.5 Å². The number of aromatic nitrogens is 3. The molecule has 0 aliphatic carbocycles. The summed E-state index contributed by atoms with van der Waals surface area (Å²) >= 11 is 1.62. The van der Waals surface area contributed by atoms with Crippen LogP contribution in [0.3, 0.4) is 0 Å². The number of nitrogens with zero attached hydrogens (tertiary/aromatic N) is 4. The Kier molecular flexibility index (Phi) is 4.57. The number of hydrogen-bond donors (Lipinski definition) is 0. The Hall–Kier alpha value is -2.92. The molecule has 0 fully saturated rings. The van der Waals surface area contributed by atoms with Gasteiger partial charge in [-0.1, -0.05) is 84.6 Å². The van der Waals surface area contributed by atoms with Crippen LogP contribution < -0.4 is 0 Å². The fourth-order valence-corrected chi connectivity index (χ4v) is 3.42. The van der Waals surface area contributed by atoms with Crippen LogP contribution in [0.25, 0.3) is 10.8 Å². The summed E-state index contributed by atoms with van der Waals surface area (Å²) in [6.45, 7) is 0. The minimum atomic E-state index is 0.778. The van der Waals surface area contributed by atoms with Crippen LogP contribution in [0.15, 0.2) is 89.4 Å². The number of benzene rings is 3. The van der Waals surface area contributed by atoms with E-state index in [4.69, 9.17) is 0 Å². The Labute approximate surface area is 150 Å². The van der Waals surface area contributed by atoms with E-state index in [1.807, 2.05) is 42.6 Å². The average Bonchev–Trinajstić information content (AvgIpc) is 3.13. The highest BCUT2D eigenvalue weighted by molar-refractivity contribution is 7.98. The van der Waals surface area contributed by atoms with Gasteiger partial charge in [-0.15, -0.1) is 10.2 Å². The molecule has 0 saturated carbocycles. The van der Waals surface area contributed by atoms with Gasteiger partial charge in [-0.3, -0.25) is 0 Å². The van der Waals surface area contributed by atoms with Crippen LogP contribution in [0.4, 0.5) is 0 Å². The van der Waals surface area contributed by atoms with E-state index in [1.54, 1.807) is 22.8 Å². The molecule has 0 radical (unpaired) electrons. The lowest BCUT2D eigenvalue weighted by Gasteiger charge is -2.03. The van der Waals surface area contributed by atoms with Gasteiger partial charge in [0, 0.05) is 11.3 Å². The first-order valence-corrected chi connectivity index (χ1v) is 8.97. The maximum Gasteiger partial charge on any atom is 0.212 e. The van der Waals surface area contributed by atoms with Crippen LogP contribution in [0, 0.1) is 0 Å². The molecular weight excluding hydrogens is 328 g/mol. The van der Waals surface area contributed by atoms with Crippen molar-refractivity contribution in [2.24, 2.45) is 5.10 Å². The van der Waals surface area contributed by atoms with Gasteiger partial charge in [0.05, 0.1) is 6.21 Å². The molecular formula is C20H16N4S. The van der Waals surface area contributed by atoms with Crippen molar-refractivity contribution in [2.45, 2.75) is 10.9 Å². The van der Waals surface area contributed by atoms with Crippen molar-refractivity contribution in [1.82, 2.24) is 14.9 Å². The zero-order valence-corrected chi connectivity index (χ0v) is 14.3. The molecule has 4 rings (SSSR count). The van der Waals surface area contributed by atoms with Gasteiger partial charge in [-0.05, 0) is 16.3 Å². The Balaban J connectivity index is 1.55. The quantitative estimate of drug-likeness (QED) is 0.392. The molecule has 0 saturated heterocycles. The number of rotatable bonds is 5. The Morgan fingerprint density at radius 1 is 0.920 bits per heavy atom. The zero-order valence-electron chi connectivity index (χ0n) is 13.5. The number of hydrogen-bond acceptors (Lipinski definition) is 4. The van der Waals surface area contributed by atoms with Crippen molar-refractivity contribution in [3.8, 4) is 0 Å². The van der Waals surface area contributed by atoms with E-state index in [1.165, 1.54) is 16.3 Å². The number of thioether (sulfide) groups is 1. The van der Waals surface area contributed by atoms with Crippen molar-refractivity contribution in [2.75, 3.05) is 0 Å². The lowest BCUT2D eigenvalue weighted by Crippen LogP contribution is -1.93. The summed E-state index contributed by atoms with van der Waals surface area (Å²) in [4.78, 5) is 0. The van der Waals surface area contributed by atoms with Crippen molar-refractivity contribution in [3.05, 3.63) is 90.3 Å². The minimum absolute atomic E-state index is 0.778. The normalized spacial score (nSPS) is 11.4. The average molecular weight is 344 g/mol. The highest BCUT2D eigenvalue weighted by atomic mass is 32.2. The molecule has 0 unspecified atom stereocenters. The topological polar surface area (TPSA) is 43.1 Å². The van der Waals surface area contributed by atoms with E-state index in [9.17, 15) is 0 Å². The fourth-order valence-electron chi connectivity index (χ4n) is 2.60. The van der Waals surface area contributed by atoms with E-state index in [0.29, 0.717) is 0 Å². The molecule has 3 aromatic carbocycles. The standard InChI is InChI=1S/C20H16N4S/c1-2-7-16(8-3-1)14-25-20-23-21-15-24(20)22-13-18-11-6-10-17-9-4-5-12-19(17)18/h1-13,15H,14H2/b22-13-. The van der Waals surface area contributed by atoms with Crippen LogP contribution in [0.5, 0.6) is 0 Å². The molecule has 122 valence electrons. The van der Waals surface area contributed by atoms with E-state index in [-0.39, 0.29) is 0 Å². The van der Waals surface area contributed by atoms with Crippen LogP contribution in [-0.4, -0.2) is 21.1 Å². The number of fused-ring (bicyclic) bond motifs is 1. The molecule has 25 heavy (non-hydrogen) atoms. The Morgan fingerprint density at radius 3 is 2.64 bits per heavy atom. The molecule has 4 nitrogen and oxygen atoms in total. The Morgan fingerprint density at radius 2 is 1.72 bits per heavy atom. The molecule has 4 aromatic rings. The summed E-state index contributed by atoms with van der Waals surface area (Å²) in [6.07, 6.45) is 3.49. The molecule has 0 spiro atoms. The monoisotopic (exact) mass is 344 g/mol. The molecule has 1 aromatic heterocycles. The van der Waals surface area contributed by atoms with Crippen molar-refractivity contribution < 1.29 is 0 Å². The summed E-state index contributed by atoms with van der Waals surface area (Å²) in [6, 6.07) is 24.8. The first-order chi connectivity index (χ1) is 12.4. The molecule has 0 N–H and O–H groups in total. The van der Waals surface area contributed by atoms with E-state index < -0.39 is 0 Å². The predicted octanol–water partition coefficient (Wildman–Crippen LogP) is 4.61. The van der Waals surface area contributed by atoms with Crippen LogP contribution >= 0.6 is 11.8 Å². The zero-order chi connectivity index (χ0) is 16.9. The second kappa shape index (κ2) is 7.32. The maximum absolute atomic E-state index is 4.54. The lowest BCUT2D eigenvalue weighted by molar-refractivity contribution is 0.767. The third-order valence-electron chi connectivity index (χ3n) is 3.86. The third-order valence-corrected chi connectivity index (χ3v) is 4.86. The molecule has 0 amide bonds. The van der Waals surface area contributed by atoms with E-state index in [2.05, 4.69) is 51.7 Å². The fraction of sp³-hybridized carbons (Fsp3) is 0.0500. The third kappa shape index (κ3) is 3.61. The highest BCUT2D eigenvalue weighted by Crippen LogP contribution is 2.21. The largest absolute Gasteiger partial charge is 0.212 e. The lowest BCUT2D eigenvalue weighted by atomic mass is 10.1. The predicted molar refractivity (Wildman–Crippen MR) is 103 cm³/mol. The molecule has 0 bridgehead atoms. The first kappa shape index (κ1) is 15.6. The maximum atomic E-state index is 4.54. The van der Waals surface area contributed by atoms with Gasteiger partial charge in [0.25, 0.3) is 0 Å².